The number of hydrogen-bond donors (Lipinski definition) is 1. The van der Waals surface area contributed by atoms with Crippen molar-refractivity contribution in [3.05, 3.63) is 53.3 Å². The maximum Gasteiger partial charge on any atom is 0.220 e. The van der Waals surface area contributed by atoms with Crippen LogP contribution in [-0.4, -0.2) is 30.9 Å². The van der Waals surface area contributed by atoms with Crippen molar-refractivity contribution in [2.75, 3.05) is 14.2 Å². The second kappa shape index (κ2) is 7.04. The van der Waals surface area contributed by atoms with Crippen LogP contribution >= 0.6 is 0 Å². The maximum absolute atomic E-state index is 11.9. The minimum atomic E-state index is -0.296. The average Bonchev–Trinajstić information content (AvgIpc) is 2.52. The van der Waals surface area contributed by atoms with Gasteiger partial charge in [-0.25, -0.2) is 0 Å². The molecule has 0 spiro atoms. The molecule has 0 fully saturated rings. The fourth-order valence-electron chi connectivity index (χ4n) is 2.33. The minimum absolute atomic E-state index is 0.0653. The Morgan fingerprint density at radius 3 is 2.32 bits per heavy atom. The van der Waals surface area contributed by atoms with Gasteiger partial charge in [-0.3, -0.25) is 9.59 Å². The molecule has 0 heterocycles. The zero-order chi connectivity index (χ0) is 16.1. The number of phenolic OH excluding ortho intramolecular Hbond substituents is 1. The number of methoxy groups -OCH3 is 2. The first-order chi connectivity index (χ1) is 10.5. The molecule has 0 radical (unpaired) electrons. The lowest BCUT2D eigenvalue weighted by Gasteiger charge is -2.17. The molecule has 1 aliphatic carbocycles. The zero-order valence-electron chi connectivity index (χ0n) is 12.5. The molecule has 1 aromatic rings. The van der Waals surface area contributed by atoms with Crippen molar-refractivity contribution in [3.8, 4) is 5.75 Å². The van der Waals surface area contributed by atoms with Crippen LogP contribution in [0.4, 0.5) is 0 Å². The van der Waals surface area contributed by atoms with Crippen LogP contribution in [0.5, 0.6) is 5.75 Å². The Labute approximate surface area is 128 Å². The van der Waals surface area contributed by atoms with Crippen LogP contribution < -0.4 is 0 Å². The third-order valence-corrected chi connectivity index (χ3v) is 3.57. The molecule has 0 saturated heterocycles. The van der Waals surface area contributed by atoms with Crippen molar-refractivity contribution < 1.29 is 24.2 Å². The van der Waals surface area contributed by atoms with Gasteiger partial charge in [0.25, 0.3) is 0 Å². The van der Waals surface area contributed by atoms with Gasteiger partial charge >= 0.3 is 0 Å². The lowest BCUT2D eigenvalue weighted by molar-refractivity contribution is -0.117. The van der Waals surface area contributed by atoms with E-state index in [9.17, 15) is 14.7 Å². The van der Waals surface area contributed by atoms with Crippen LogP contribution in [0.2, 0.25) is 0 Å². The van der Waals surface area contributed by atoms with Crippen molar-refractivity contribution >= 4 is 11.6 Å². The molecule has 0 aromatic heterocycles. The van der Waals surface area contributed by atoms with E-state index in [1.54, 1.807) is 31.4 Å². The molecule has 22 heavy (non-hydrogen) atoms. The summed E-state index contributed by atoms with van der Waals surface area (Å²) in [7, 11) is 2.95. The van der Waals surface area contributed by atoms with Gasteiger partial charge in [0.1, 0.15) is 5.75 Å². The SMILES string of the molecule is COC1=CC(=O)C(CCC(OC)c2ccc(O)cc2)=CC1=O. The predicted molar refractivity (Wildman–Crippen MR) is 80.3 cm³/mol. The monoisotopic (exact) mass is 302 g/mol. The van der Waals surface area contributed by atoms with Crippen LogP contribution in [0.15, 0.2) is 47.7 Å². The van der Waals surface area contributed by atoms with Gasteiger partial charge in [0.15, 0.2) is 11.5 Å². The topological polar surface area (TPSA) is 72.8 Å². The van der Waals surface area contributed by atoms with Gasteiger partial charge in [0.2, 0.25) is 5.78 Å². The van der Waals surface area contributed by atoms with E-state index in [1.165, 1.54) is 19.3 Å². The summed E-state index contributed by atoms with van der Waals surface area (Å²) in [6.45, 7) is 0. The maximum atomic E-state index is 11.9. The van der Waals surface area contributed by atoms with Crippen LogP contribution in [0.3, 0.4) is 0 Å². The lowest BCUT2D eigenvalue weighted by atomic mass is 9.95. The average molecular weight is 302 g/mol. The molecule has 2 rings (SSSR count). The summed E-state index contributed by atoms with van der Waals surface area (Å²) in [5.74, 6) is -0.255. The van der Waals surface area contributed by atoms with Gasteiger partial charge in [-0.15, -0.1) is 0 Å². The number of allylic oxidation sites excluding steroid dienone is 3. The Kier molecular flexibility index (Phi) is 5.12. The largest absolute Gasteiger partial charge is 0.508 e. The van der Waals surface area contributed by atoms with E-state index in [-0.39, 0.29) is 29.2 Å². The molecule has 1 N–H and O–H groups in total. The first-order valence-corrected chi connectivity index (χ1v) is 6.91. The number of carbonyl (C=O) groups is 2. The predicted octanol–water partition coefficient (Wildman–Crippen LogP) is 2.47. The van der Waals surface area contributed by atoms with E-state index >= 15 is 0 Å². The Balaban J connectivity index is 2.04. The molecule has 1 aliphatic rings. The molecule has 1 aromatic carbocycles. The van der Waals surface area contributed by atoms with E-state index in [4.69, 9.17) is 9.47 Å². The van der Waals surface area contributed by atoms with Gasteiger partial charge in [-0.2, -0.15) is 0 Å². The molecule has 0 amide bonds. The second-order valence-electron chi connectivity index (χ2n) is 4.97. The first-order valence-electron chi connectivity index (χ1n) is 6.91. The summed E-state index contributed by atoms with van der Waals surface area (Å²) in [5, 5.41) is 9.31. The zero-order valence-corrected chi connectivity index (χ0v) is 12.5. The number of hydrogen-bond acceptors (Lipinski definition) is 5. The second-order valence-corrected chi connectivity index (χ2v) is 4.97. The molecule has 1 atom stereocenters. The van der Waals surface area contributed by atoms with E-state index < -0.39 is 0 Å². The highest BCUT2D eigenvalue weighted by Crippen LogP contribution is 2.27. The smallest absolute Gasteiger partial charge is 0.220 e. The van der Waals surface area contributed by atoms with Crippen molar-refractivity contribution in [3.63, 3.8) is 0 Å². The number of rotatable bonds is 6. The van der Waals surface area contributed by atoms with E-state index in [0.29, 0.717) is 18.4 Å². The highest BCUT2D eigenvalue weighted by molar-refractivity contribution is 6.19. The molecular formula is C17H18O5. The van der Waals surface area contributed by atoms with Crippen molar-refractivity contribution in [2.24, 2.45) is 0 Å². The van der Waals surface area contributed by atoms with Gasteiger partial charge in [0, 0.05) is 18.8 Å². The molecule has 5 heteroatoms. The summed E-state index contributed by atoms with van der Waals surface area (Å²) in [5.41, 5.74) is 1.36. The number of aromatic hydroxyl groups is 1. The van der Waals surface area contributed by atoms with Gasteiger partial charge in [-0.1, -0.05) is 12.1 Å². The van der Waals surface area contributed by atoms with Crippen LogP contribution in [0.1, 0.15) is 24.5 Å². The lowest BCUT2D eigenvalue weighted by Crippen LogP contribution is -2.15. The molecule has 0 aliphatic heterocycles. The van der Waals surface area contributed by atoms with Crippen LogP contribution in [0.25, 0.3) is 0 Å². The molecule has 0 bridgehead atoms. The van der Waals surface area contributed by atoms with Crippen molar-refractivity contribution in [1.82, 2.24) is 0 Å². The third-order valence-electron chi connectivity index (χ3n) is 3.57. The molecular weight excluding hydrogens is 284 g/mol. The normalized spacial score (nSPS) is 16.1. The summed E-state index contributed by atoms with van der Waals surface area (Å²) in [6.07, 6.45) is 3.32. The van der Waals surface area contributed by atoms with Crippen molar-refractivity contribution in [2.45, 2.75) is 18.9 Å². The standard InChI is InChI=1S/C17H18O5/c1-21-16(11-3-6-13(18)7-4-11)8-5-12-9-15(20)17(22-2)10-14(12)19/h3-4,6-7,9-10,16,18H,5,8H2,1-2H3. The molecule has 116 valence electrons. The third kappa shape index (κ3) is 3.62. The Morgan fingerprint density at radius 2 is 1.73 bits per heavy atom. The van der Waals surface area contributed by atoms with E-state index in [1.807, 2.05) is 0 Å². The molecule has 5 nitrogen and oxygen atoms in total. The van der Waals surface area contributed by atoms with Crippen molar-refractivity contribution in [1.29, 1.82) is 0 Å². The fourth-order valence-corrected chi connectivity index (χ4v) is 2.33. The summed E-state index contributed by atoms with van der Waals surface area (Å²) in [4.78, 5) is 23.7. The Bertz CT molecular complexity index is 625. The summed E-state index contributed by atoms with van der Waals surface area (Å²) in [6, 6.07) is 6.72. The number of phenols is 1. The number of carbonyl (C=O) groups excluding carboxylic acids is 2. The van der Waals surface area contributed by atoms with Gasteiger partial charge in [-0.05, 0) is 36.6 Å². The minimum Gasteiger partial charge on any atom is -0.508 e. The molecule has 1 unspecified atom stereocenters. The first kappa shape index (κ1) is 16.0. The van der Waals surface area contributed by atoms with Crippen LogP contribution in [0, 0.1) is 0 Å². The molecule has 0 saturated carbocycles. The number of ketones is 2. The number of ether oxygens (including phenoxy) is 2. The van der Waals surface area contributed by atoms with E-state index in [2.05, 4.69) is 0 Å². The van der Waals surface area contributed by atoms with Crippen LogP contribution in [-0.2, 0) is 19.1 Å². The summed E-state index contributed by atoms with van der Waals surface area (Å²) < 4.78 is 10.3. The number of benzene rings is 1. The summed E-state index contributed by atoms with van der Waals surface area (Å²) >= 11 is 0. The fraction of sp³-hybridized carbons (Fsp3) is 0.294. The van der Waals surface area contributed by atoms with Gasteiger partial charge in [0.05, 0.1) is 13.2 Å². The highest BCUT2D eigenvalue weighted by Gasteiger charge is 2.22. The van der Waals surface area contributed by atoms with E-state index in [0.717, 1.165) is 5.56 Å². The van der Waals surface area contributed by atoms with Gasteiger partial charge < -0.3 is 14.6 Å². The quantitative estimate of drug-likeness (QED) is 0.817. The highest BCUT2D eigenvalue weighted by atomic mass is 16.5. The Hall–Kier alpha value is -2.40. The Morgan fingerprint density at radius 1 is 1.05 bits per heavy atom.